The van der Waals surface area contributed by atoms with E-state index >= 15 is 0 Å². The fraction of sp³-hybridized carbons (Fsp3) is 0.375. The van der Waals surface area contributed by atoms with Gasteiger partial charge in [-0.15, -0.1) is 0 Å². The van der Waals surface area contributed by atoms with Gasteiger partial charge in [-0.1, -0.05) is 30.4 Å². The number of rotatable bonds is 5. The number of hydrogen-bond acceptors (Lipinski definition) is 1. The minimum atomic E-state index is 0.754. The van der Waals surface area contributed by atoms with E-state index in [4.69, 9.17) is 0 Å². The molecule has 1 aliphatic rings. The zero-order chi connectivity index (χ0) is 12.5. The summed E-state index contributed by atoms with van der Waals surface area (Å²) in [6.45, 7) is 7.98. The molecular formula is C16H20N2. The van der Waals surface area contributed by atoms with Gasteiger partial charge in [0.05, 0.1) is 5.52 Å². The van der Waals surface area contributed by atoms with Gasteiger partial charge in [0.25, 0.3) is 0 Å². The Labute approximate surface area is 108 Å². The molecule has 1 aromatic heterocycles. The van der Waals surface area contributed by atoms with Crippen molar-refractivity contribution in [3.63, 3.8) is 0 Å². The van der Waals surface area contributed by atoms with Crippen LogP contribution in [0, 0.1) is 0 Å². The van der Waals surface area contributed by atoms with Gasteiger partial charge in [0.1, 0.15) is 0 Å². The van der Waals surface area contributed by atoms with Crippen molar-refractivity contribution in [2.75, 3.05) is 0 Å². The summed E-state index contributed by atoms with van der Waals surface area (Å²) in [5, 5.41) is 4.92. The second-order valence-corrected chi connectivity index (χ2v) is 5.41. The Kier molecular flexibility index (Phi) is 2.96. The fourth-order valence-electron chi connectivity index (χ4n) is 2.45. The molecule has 1 heterocycles. The van der Waals surface area contributed by atoms with E-state index in [0.29, 0.717) is 0 Å². The summed E-state index contributed by atoms with van der Waals surface area (Å²) in [5.74, 6) is 0. The molecule has 1 aromatic carbocycles. The Morgan fingerprint density at radius 2 is 2.22 bits per heavy atom. The molecule has 18 heavy (non-hydrogen) atoms. The van der Waals surface area contributed by atoms with Gasteiger partial charge in [0.2, 0.25) is 0 Å². The normalized spacial score (nSPS) is 15.2. The number of para-hydroxylation sites is 1. The van der Waals surface area contributed by atoms with E-state index in [-0.39, 0.29) is 0 Å². The molecule has 0 radical (unpaired) electrons. The van der Waals surface area contributed by atoms with Crippen LogP contribution in [0.25, 0.3) is 10.9 Å². The highest BCUT2D eigenvalue weighted by Gasteiger charge is 2.20. The maximum Gasteiger partial charge on any atom is 0.0528 e. The van der Waals surface area contributed by atoms with Gasteiger partial charge in [-0.3, -0.25) is 0 Å². The Balaban J connectivity index is 1.94. The van der Waals surface area contributed by atoms with Crippen molar-refractivity contribution >= 4 is 10.9 Å². The molecule has 1 fully saturated rings. The summed E-state index contributed by atoms with van der Waals surface area (Å²) in [7, 11) is 0. The molecule has 2 nitrogen and oxygen atoms in total. The SMILES string of the molecule is C=C(C)Cn1ccc2cccc(CNC3CC3)c21. The van der Waals surface area contributed by atoms with Crippen molar-refractivity contribution in [2.45, 2.75) is 38.9 Å². The first-order valence-electron chi connectivity index (χ1n) is 6.68. The van der Waals surface area contributed by atoms with Gasteiger partial charge in [0.15, 0.2) is 0 Å². The molecule has 3 rings (SSSR count). The van der Waals surface area contributed by atoms with Crippen molar-refractivity contribution in [1.82, 2.24) is 9.88 Å². The molecule has 0 spiro atoms. The summed E-state index contributed by atoms with van der Waals surface area (Å²) >= 11 is 0. The lowest BCUT2D eigenvalue weighted by Crippen LogP contribution is -2.16. The first kappa shape index (κ1) is 11.5. The van der Waals surface area contributed by atoms with Crippen molar-refractivity contribution in [2.24, 2.45) is 0 Å². The number of fused-ring (bicyclic) bond motifs is 1. The van der Waals surface area contributed by atoms with Gasteiger partial charge in [0, 0.05) is 25.3 Å². The first-order chi connectivity index (χ1) is 8.74. The maximum absolute atomic E-state index is 4.01. The number of nitrogens with zero attached hydrogens (tertiary/aromatic N) is 1. The number of hydrogen-bond donors (Lipinski definition) is 1. The minimum absolute atomic E-state index is 0.754. The van der Waals surface area contributed by atoms with Gasteiger partial charge < -0.3 is 9.88 Å². The van der Waals surface area contributed by atoms with Gasteiger partial charge >= 0.3 is 0 Å². The van der Waals surface area contributed by atoms with Crippen molar-refractivity contribution in [3.05, 3.63) is 48.2 Å². The lowest BCUT2D eigenvalue weighted by Gasteiger charge is -2.10. The van der Waals surface area contributed by atoms with Crippen LogP contribution in [0.15, 0.2) is 42.6 Å². The van der Waals surface area contributed by atoms with Gasteiger partial charge in [-0.2, -0.15) is 0 Å². The molecule has 2 heteroatoms. The summed E-state index contributed by atoms with van der Waals surface area (Å²) < 4.78 is 2.31. The molecule has 0 atom stereocenters. The second-order valence-electron chi connectivity index (χ2n) is 5.41. The van der Waals surface area contributed by atoms with Crippen LogP contribution in [0.1, 0.15) is 25.3 Å². The molecule has 0 aliphatic heterocycles. The zero-order valence-electron chi connectivity index (χ0n) is 10.9. The first-order valence-corrected chi connectivity index (χ1v) is 6.68. The van der Waals surface area contributed by atoms with Crippen molar-refractivity contribution in [3.8, 4) is 0 Å². The molecular weight excluding hydrogens is 220 g/mol. The van der Waals surface area contributed by atoms with Crippen molar-refractivity contribution in [1.29, 1.82) is 0 Å². The highest BCUT2D eigenvalue weighted by Crippen LogP contribution is 2.23. The monoisotopic (exact) mass is 240 g/mol. The van der Waals surface area contributed by atoms with Crippen molar-refractivity contribution < 1.29 is 0 Å². The number of benzene rings is 1. The molecule has 2 aromatic rings. The molecule has 1 saturated carbocycles. The Hall–Kier alpha value is -1.54. The molecule has 0 unspecified atom stereocenters. The third-order valence-electron chi connectivity index (χ3n) is 3.47. The number of allylic oxidation sites excluding steroid dienone is 1. The molecule has 0 amide bonds. The van der Waals surface area contributed by atoms with Crippen LogP contribution in [0.5, 0.6) is 0 Å². The third-order valence-corrected chi connectivity index (χ3v) is 3.47. The smallest absolute Gasteiger partial charge is 0.0528 e. The summed E-state index contributed by atoms with van der Waals surface area (Å²) in [6, 6.07) is 9.51. The van der Waals surface area contributed by atoms with Crippen LogP contribution in [0.3, 0.4) is 0 Å². The largest absolute Gasteiger partial charge is 0.343 e. The third kappa shape index (κ3) is 2.34. The van der Waals surface area contributed by atoms with Crippen LogP contribution in [0.4, 0.5) is 0 Å². The summed E-state index contributed by atoms with van der Waals surface area (Å²) in [5.41, 5.74) is 3.94. The lowest BCUT2D eigenvalue weighted by molar-refractivity contribution is 0.686. The molecule has 0 bridgehead atoms. The van der Waals surface area contributed by atoms with Crippen LogP contribution < -0.4 is 5.32 Å². The van der Waals surface area contributed by atoms with Gasteiger partial charge in [-0.05, 0) is 36.8 Å². The summed E-state index contributed by atoms with van der Waals surface area (Å²) in [4.78, 5) is 0. The predicted octanol–water partition coefficient (Wildman–Crippen LogP) is 3.47. The second kappa shape index (κ2) is 4.62. The summed E-state index contributed by atoms with van der Waals surface area (Å²) in [6.07, 6.45) is 4.84. The molecule has 1 aliphatic carbocycles. The van der Waals surface area contributed by atoms with Crippen LogP contribution in [0.2, 0.25) is 0 Å². The van der Waals surface area contributed by atoms with E-state index in [1.807, 2.05) is 0 Å². The molecule has 1 N–H and O–H groups in total. The van der Waals surface area contributed by atoms with Crippen LogP contribution in [-0.2, 0) is 13.1 Å². The number of nitrogens with one attached hydrogen (secondary N) is 1. The molecule has 0 saturated heterocycles. The van der Waals surface area contributed by atoms with E-state index in [1.54, 1.807) is 0 Å². The average molecular weight is 240 g/mol. The fourth-order valence-corrected chi connectivity index (χ4v) is 2.45. The molecule has 94 valence electrons. The number of aromatic nitrogens is 1. The van der Waals surface area contributed by atoms with Crippen LogP contribution in [-0.4, -0.2) is 10.6 Å². The van der Waals surface area contributed by atoms with Gasteiger partial charge in [-0.25, -0.2) is 0 Å². The topological polar surface area (TPSA) is 17.0 Å². The predicted molar refractivity (Wildman–Crippen MR) is 76.6 cm³/mol. The Morgan fingerprint density at radius 3 is 2.94 bits per heavy atom. The van der Waals surface area contributed by atoms with E-state index in [9.17, 15) is 0 Å². The average Bonchev–Trinajstić information content (AvgIpc) is 3.08. The van der Waals surface area contributed by atoms with E-state index in [2.05, 4.69) is 53.8 Å². The minimum Gasteiger partial charge on any atom is -0.343 e. The highest BCUT2D eigenvalue weighted by atomic mass is 15.0. The Morgan fingerprint density at radius 1 is 1.39 bits per heavy atom. The van der Waals surface area contributed by atoms with E-state index < -0.39 is 0 Å². The van der Waals surface area contributed by atoms with E-state index in [1.165, 1.54) is 34.9 Å². The standard InChI is InChI=1S/C16H20N2/c1-12(2)11-18-9-8-13-4-3-5-14(16(13)18)10-17-15-6-7-15/h3-5,8-9,15,17H,1,6-7,10-11H2,2H3. The Bertz CT molecular complexity index is 576. The van der Waals surface area contributed by atoms with E-state index in [0.717, 1.165) is 19.1 Å². The van der Waals surface area contributed by atoms with Crippen LogP contribution >= 0.6 is 0 Å². The highest BCUT2D eigenvalue weighted by molar-refractivity contribution is 5.83. The zero-order valence-corrected chi connectivity index (χ0v) is 10.9. The lowest BCUT2D eigenvalue weighted by atomic mass is 10.1. The maximum atomic E-state index is 4.01. The quantitative estimate of drug-likeness (QED) is 0.792.